The smallest absolute Gasteiger partial charge is 0.416 e. The molecule has 1 amide bonds. The summed E-state index contributed by atoms with van der Waals surface area (Å²) in [6, 6.07) is 3.20. The maximum Gasteiger partial charge on any atom is 0.416 e. The van der Waals surface area contributed by atoms with Crippen molar-refractivity contribution in [2.45, 2.75) is 25.1 Å². The molecule has 1 rings (SSSR count). The van der Waals surface area contributed by atoms with Crippen molar-refractivity contribution in [2.24, 2.45) is 0 Å². The number of carbonyl (C=O) groups excluding carboxylic acids is 1. The van der Waals surface area contributed by atoms with Crippen LogP contribution in [0.5, 0.6) is 0 Å². The van der Waals surface area contributed by atoms with Crippen LogP contribution in [0.4, 0.5) is 13.2 Å². The summed E-state index contributed by atoms with van der Waals surface area (Å²) in [6.07, 6.45) is -3.45. The van der Waals surface area contributed by atoms with E-state index in [1.54, 1.807) is 0 Å². The zero-order valence-electron chi connectivity index (χ0n) is 11.0. The van der Waals surface area contributed by atoms with E-state index in [2.05, 4.69) is 11.9 Å². The molecular weight excluding hydrogens is 287 g/mol. The Kier molecular flexibility index (Phi) is 5.52. The van der Waals surface area contributed by atoms with Crippen LogP contribution in [0.2, 0.25) is 0 Å². The molecule has 114 valence electrons. The number of aliphatic carboxylic acids is 1. The molecule has 0 fully saturated rings. The fraction of sp³-hybridized carbons (Fsp3) is 0.286. The Balaban J connectivity index is 2.75. The van der Waals surface area contributed by atoms with Gasteiger partial charge in [-0.25, -0.2) is 4.79 Å². The number of amides is 1. The van der Waals surface area contributed by atoms with E-state index in [4.69, 9.17) is 5.11 Å². The van der Waals surface area contributed by atoms with Gasteiger partial charge in [0, 0.05) is 0 Å². The molecule has 4 nitrogen and oxygen atoms in total. The number of hydrogen-bond donors (Lipinski definition) is 2. The number of carboxylic acid groups (broad SMARTS) is 1. The Bertz CT molecular complexity index is 541. The van der Waals surface area contributed by atoms with E-state index in [0.29, 0.717) is 0 Å². The Labute approximate surface area is 119 Å². The molecule has 0 bridgehead atoms. The summed E-state index contributed by atoms with van der Waals surface area (Å²) >= 11 is 0. The molecule has 2 N–H and O–H groups in total. The molecule has 0 radical (unpaired) electrons. The summed E-state index contributed by atoms with van der Waals surface area (Å²) in [5.41, 5.74) is -0.696. The Morgan fingerprint density at radius 1 is 1.38 bits per heavy atom. The van der Waals surface area contributed by atoms with Gasteiger partial charge in [-0.15, -0.1) is 6.58 Å². The summed E-state index contributed by atoms with van der Waals surface area (Å²) in [5, 5.41) is 11.1. The lowest BCUT2D eigenvalue weighted by atomic mass is 10.1. The molecule has 1 aromatic rings. The quantitative estimate of drug-likeness (QED) is 0.793. The molecular formula is C14H14F3NO3. The van der Waals surface area contributed by atoms with Gasteiger partial charge in [-0.2, -0.15) is 13.2 Å². The molecule has 0 aliphatic heterocycles. The number of rotatable bonds is 6. The van der Waals surface area contributed by atoms with Crippen molar-refractivity contribution in [3.8, 4) is 0 Å². The van der Waals surface area contributed by atoms with E-state index >= 15 is 0 Å². The molecule has 1 aromatic carbocycles. The number of alkyl halides is 3. The van der Waals surface area contributed by atoms with Crippen molar-refractivity contribution in [3.63, 3.8) is 0 Å². The Morgan fingerprint density at radius 2 is 2.05 bits per heavy atom. The second-order valence-electron chi connectivity index (χ2n) is 4.36. The second-order valence-corrected chi connectivity index (χ2v) is 4.36. The van der Waals surface area contributed by atoms with Crippen molar-refractivity contribution < 1.29 is 27.9 Å². The number of carbonyl (C=O) groups is 2. The molecule has 0 aliphatic rings. The summed E-state index contributed by atoms with van der Waals surface area (Å²) in [7, 11) is 0. The van der Waals surface area contributed by atoms with Gasteiger partial charge in [0.1, 0.15) is 6.04 Å². The number of nitrogens with one attached hydrogen (secondary N) is 1. The predicted octanol–water partition coefficient (Wildman–Crippen LogP) is 2.39. The number of hydrogen-bond acceptors (Lipinski definition) is 2. The standard InChI is InChI=1S/C14H14F3NO3/c1-2-4-11(13(20)21)18-12(19)8-9-5-3-6-10(7-9)14(15,16)17/h2-3,5-7,11H,1,4,8H2,(H,18,19)(H,20,21)/t11-/m1/s1. The highest BCUT2D eigenvalue weighted by Gasteiger charge is 2.30. The van der Waals surface area contributed by atoms with E-state index < -0.39 is 29.7 Å². The lowest BCUT2D eigenvalue weighted by molar-refractivity contribution is -0.141. The highest BCUT2D eigenvalue weighted by Crippen LogP contribution is 2.29. The van der Waals surface area contributed by atoms with E-state index in [-0.39, 0.29) is 18.4 Å². The van der Waals surface area contributed by atoms with Crippen LogP contribution in [0.1, 0.15) is 17.5 Å². The lowest BCUT2D eigenvalue weighted by Crippen LogP contribution is -2.41. The van der Waals surface area contributed by atoms with Crippen molar-refractivity contribution >= 4 is 11.9 Å². The van der Waals surface area contributed by atoms with E-state index in [9.17, 15) is 22.8 Å². The van der Waals surface area contributed by atoms with Crippen LogP contribution in [0, 0.1) is 0 Å². The van der Waals surface area contributed by atoms with Gasteiger partial charge in [-0.1, -0.05) is 24.3 Å². The summed E-state index contributed by atoms with van der Waals surface area (Å²) in [4.78, 5) is 22.5. The van der Waals surface area contributed by atoms with Crippen molar-refractivity contribution in [1.82, 2.24) is 5.32 Å². The van der Waals surface area contributed by atoms with Crippen molar-refractivity contribution in [3.05, 3.63) is 48.0 Å². The summed E-state index contributed by atoms with van der Waals surface area (Å²) in [5.74, 6) is -1.89. The van der Waals surface area contributed by atoms with Crippen LogP contribution in [0.15, 0.2) is 36.9 Å². The minimum Gasteiger partial charge on any atom is -0.480 e. The molecule has 0 aliphatic carbocycles. The molecule has 0 saturated heterocycles. The normalized spacial score (nSPS) is 12.5. The van der Waals surface area contributed by atoms with Crippen molar-refractivity contribution in [2.75, 3.05) is 0 Å². The molecule has 21 heavy (non-hydrogen) atoms. The van der Waals surface area contributed by atoms with Gasteiger partial charge in [-0.05, 0) is 18.1 Å². The van der Waals surface area contributed by atoms with E-state index in [0.717, 1.165) is 12.1 Å². The van der Waals surface area contributed by atoms with Gasteiger partial charge >= 0.3 is 12.1 Å². The minimum absolute atomic E-state index is 0.0314. The summed E-state index contributed by atoms with van der Waals surface area (Å²) in [6.45, 7) is 3.37. The lowest BCUT2D eigenvalue weighted by Gasteiger charge is -2.13. The third-order valence-electron chi connectivity index (χ3n) is 2.65. The highest BCUT2D eigenvalue weighted by molar-refractivity contribution is 5.84. The van der Waals surface area contributed by atoms with Gasteiger partial charge in [0.25, 0.3) is 0 Å². The van der Waals surface area contributed by atoms with Gasteiger partial charge in [0.15, 0.2) is 0 Å². The van der Waals surface area contributed by atoms with Crippen LogP contribution in [-0.2, 0) is 22.2 Å². The van der Waals surface area contributed by atoms with Gasteiger partial charge in [-0.3, -0.25) is 4.79 Å². The first kappa shape index (κ1) is 16.7. The largest absolute Gasteiger partial charge is 0.480 e. The van der Waals surface area contributed by atoms with Crippen LogP contribution in [-0.4, -0.2) is 23.0 Å². The molecule has 0 heterocycles. The SMILES string of the molecule is C=CC[C@@H](NC(=O)Cc1cccc(C(F)(F)F)c1)C(=O)O. The Hall–Kier alpha value is -2.31. The van der Waals surface area contributed by atoms with Crippen LogP contribution in [0.25, 0.3) is 0 Å². The van der Waals surface area contributed by atoms with Crippen molar-refractivity contribution in [1.29, 1.82) is 0 Å². The fourth-order valence-corrected chi connectivity index (χ4v) is 1.68. The molecule has 0 saturated carbocycles. The first-order valence-electron chi connectivity index (χ1n) is 6.03. The monoisotopic (exact) mass is 301 g/mol. The van der Waals surface area contributed by atoms with Gasteiger partial charge < -0.3 is 10.4 Å². The topological polar surface area (TPSA) is 66.4 Å². The third kappa shape index (κ3) is 5.29. The average Bonchev–Trinajstić information content (AvgIpc) is 2.37. The first-order valence-corrected chi connectivity index (χ1v) is 6.03. The number of carboxylic acids is 1. The molecule has 0 aromatic heterocycles. The van der Waals surface area contributed by atoms with Crippen LogP contribution < -0.4 is 5.32 Å². The number of halogens is 3. The fourth-order valence-electron chi connectivity index (χ4n) is 1.68. The summed E-state index contributed by atoms with van der Waals surface area (Å²) < 4.78 is 37.6. The minimum atomic E-state index is -4.49. The predicted molar refractivity (Wildman–Crippen MR) is 69.5 cm³/mol. The van der Waals surface area contributed by atoms with E-state index in [1.165, 1.54) is 18.2 Å². The van der Waals surface area contributed by atoms with Crippen LogP contribution in [0.3, 0.4) is 0 Å². The van der Waals surface area contributed by atoms with Gasteiger partial charge in [0.2, 0.25) is 5.91 Å². The maximum atomic E-state index is 12.5. The average molecular weight is 301 g/mol. The zero-order chi connectivity index (χ0) is 16.0. The Morgan fingerprint density at radius 3 is 2.57 bits per heavy atom. The molecule has 7 heteroatoms. The van der Waals surface area contributed by atoms with Crippen LogP contribution >= 0.6 is 0 Å². The highest BCUT2D eigenvalue weighted by atomic mass is 19.4. The van der Waals surface area contributed by atoms with E-state index in [1.807, 2.05) is 0 Å². The van der Waals surface area contributed by atoms with Gasteiger partial charge in [0.05, 0.1) is 12.0 Å². The number of benzene rings is 1. The molecule has 1 atom stereocenters. The second kappa shape index (κ2) is 6.92. The molecule has 0 unspecified atom stereocenters. The molecule has 0 spiro atoms. The first-order chi connectivity index (χ1) is 9.74. The maximum absolute atomic E-state index is 12.5. The zero-order valence-corrected chi connectivity index (χ0v) is 11.0. The third-order valence-corrected chi connectivity index (χ3v) is 2.65.